The Hall–Kier alpha value is -0.990. The van der Waals surface area contributed by atoms with Crippen molar-refractivity contribution in [3.8, 4) is 0 Å². The highest BCUT2D eigenvalue weighted by Gasteiger charge is 2.19. The molecule has 0 aromatic rings. The number of allylic oxidation sites excluding steroid dienone is 1. The minimum Gasteiger partial charge on any atom is -0.333 e. The second-order valence-corrected chi connectivity index (χ2v) is 1.57. The van der Waals surface area contributed by atoms with Gasteiger partial charge in [0, 0.05) is 6.21 Å². The summed E-state index contributed by atoms with van der Waals surface area (Å²) >= 11 is 0. The maximum atomic E-state index is 3.97. The van der Waals surface area contributed by atoms with Crippen molar-refractivity contribution >= 4 is 6.21 Å². The normalized spacial score (nSPS) is 24.3. The van der Waals surface area contributed by atoms with Gasteiger partial charge in [-0.1, -0.05) is 0 Å². The summed E-state index contributed by atoms with van der Waals surface area (Å²) in [7, 11) is 0. The van der Waals surface area contributed by atoms with Gasteiger partial charge >= 0.3 is 0 Å². The summed E-state index contributed by atoms with van der Waals surface area (Å²) in [5, 5.41) is 6.06. The topological polar surface area (TPSA) is 36.4 Å². The van der Waals surface area contributed by atoms with Crippen molar-refractivity contribution < 1.29 is 0 Å². The Labute approximate surface area is 41.1 Å². The van der Waals surface area contributed by atoms with E-state index in [0.717, 1.165) is 5.82 Å². The molecule has 2 bridgehead atoms. The van der Waals surface area contributed by atoms with Crippen molar-refractivity contribution in [2.75, 3.05) is 0 Å². The number of fused-ring (bicyclic) bond motifs is 1. The SMILES string of the molecule is C1=NC2NC(=C1)N2. The van der Waals surface area contributed by atoms with E-state index in [1.54, 1.807) is 6.21 Å². The molecule has 3 rings (SSSR count). The van der Waals surface area contributed by atoms with E-state index in [0.29, 0.717) is 0 Å². The molecule has 3 heterocycles. The summed E-state index contributed by atoms with van der Waals surface area (Å²) in [6.45, 7) is 0. The molecule has 1 saturated heterocycles. The van der Waals surface area contributed by atoms with E-state index in [9.17, 15) is 0 Å². The lowest BCUT2D eigenvalue weighted by Crippen LogP contribution is -2.56. The van der Waals surface area contributed by atoms with Crippen LogP contribution in [0, 0.1) is 0 Å². The van der Waals surface area contributed by atoms with Crippen LogP contribution in [0.25, 0.3) is 0 Å². The first kappa shape index (κ1) is 3.07. The van der Waals surface area contributed by atoms with Crippen molar-refractivity contribution in [3.05, 3.63) is 11.9 Å². The molecular formula is C4H5N3. The van der Waals surface area contributed by atoms with E-state index in [1.807, 2.05) is 6.08 Å². The summed E-state index contributed by atoms with van der Waals surface area (Å²) in [6, 6.07) is 0. The molecule has 1 fully saturated rings. The quantitative estimate of drug-likeness (QED) is 0.421. The van der Waals surface area contributed by atoms with E-state index in [-0.39, 0.29) is 6.29 Å². The van der Waals surface area contributed by atoms with Crippen LogP contribution in [0.15, 0.2) is 16.9 Å². The van der Waals surface area contributed by atoms with Gasteiger partial charge in [-0.15, -0.1) is 0 Å². The third-order valence-corrected chi connectivity index (χ3v) is 1.06. The minimum atomic E-state index is 0.181. The third kappa shape index (κ3) is 0.268. The standard InChI is InChI=1S/C4H5N3/c1-2-5-4-6-3(1)7-4/h1-2,4,6-7H. The van der Waals surface area contributed by atoms with E-state index in [4.69, 9.17) is 0 Å². The Kier molecular flexibility index (Phi) is 0.353. The minimum absolute atomic E-state index is 0.181. The number of nitrogens with one attached hydrogen (secondary N) is 2. The van der Waals surface area contributed by atoms with Gasteiger partial charge in [-0.25, -0.2) is 4.99 Å². The zero-order valence-corrected chi connectivity index (χ0v) is 3.68. The van der Waals surface area contributed by atoms with E-state index in [1.165, 1.54) is 0 Å². The number of hydrogen-bond acceptors (Lipinski definition) is 3. The molecule has 7 heavy (non-hydrogen) atoms. The molecule has 36 valence electrons. The molecule has 0 saturated carbocycles. The molecule has 0 amide bonds. The maximum Gasteiger partial charge on any atom is 0.196 e. The lowest BCUT2D eigenvalue weighted by Gasteiger charge is -2.33. The molecule has 0 aliphatic carbocycles. The summed E-state index contributed by atoms with van der Waals surface area (Å²) in [6.07, 6.45) is 3.88. The second-order valence-electron chi connectivity index (χ2n) is 1.57. The van der Waals surface area contributed by atoms with Gasteiger partial charge in [0.2, 0.25) is 0 Å². The first-order chi connectivity index (χ1) is 3.45. The Morgan fingerprint density at radius 1 is 1.57 bits per heavy atom. The monoisotopic (exact) mass is 95.0 g/mol. The molecule has 0 aromatic carbocycles. The van der Waals surface area contributed by atoms with Gasteiger partial charge in [0.25, 0.3) is 0 Å². The molecule has 3 aliphatic rings. The molecule has 0 atom stereocenters. The smallest absolute Gasteiger partial charge is 0.196 e. The summed E-state index contributed by atoms with van der Waals surface area (Å²) in [4.78, 5) is 3.97. The van der Waals surface area contributed by atoms with Crippen LogP contribution in [0.1, 0.15) is 0 Å². The highest BCUT2D eigenvalue weighted by atomic mass is 15.4. The lowest BCUT2D eigenvalue weighted by atomic mass is 10.4. The molecule has 3 heteroatoms. The fraction of sp³-hybridized carbons (Fsp3) is 0.250. The van der Waals surface area contributed by atoms with E-state index >= 15 is 0 Å². The second kappa shape index (κ2) is 0.804. The van der Waals surface area contributed by atoms with Gasteiger partial charge in [0.1, 0.15) is 5.82 Å². The molecule has 0 radical (unpaired) electrons. The van der Waals surface area contributed by atoms with Crippen LogP contribution in [0.2, 0.25) is 0 Å². The van der Waals surface area contributed by atoms with Gasteiger partial charge in [0.15, 0.2) is 6.29 Å². The summed E-state index contributed by atoms with van der Waals surface area (Å²) in [5.74, 6) is 1.08. The number of rotatable bonds is 0. The maximum absolute atomic E-state index is 3.97. The Morgan fingerprint density at radius 3 is 2.57 bits per heavy atom. The fourth-order valence-electron chi connectivity index (χ4n) is 0.669. The summed E-state index contributed by atoms with van der Waals surface area (Å²) < 4.78 is 0. The van der Waals surface area contributed by atoms with Crippen molar-refractivity contribution in [1.82, 2.24) is 10.6 Å². The highest BCUT2D eigenvalue weighted by molar-refractivity contribution is 5.74. The van der Waals surface area contributed by atoms with Crippen LogP contribution in [0.4, 0.5) is 0 Å². The molecule has 0 spiro atoms. The van der Waals surface area contributed by atoms with Crippen LogP contribution >= 0.6 is 0 Å². The largest absolute Gasteiger partial charge is 0.333 e. The van der Waals surface area contributed by atoms with Crippen LogP contribution in [0.5, 0.6) is 0 Å². The Bertz CT molecular complexity index is 139. The lowest BCUT2D eigenvalue weighted by molar-refractivity contribution is 0.387. The molecule has 0 unspecified atom stereocenters. The molecule has 3 nitrogen and oxygen atoms in total. The van der Waals surface area contributed by atoms with Gasteiger partial charge < -0.3 is 10.6 Å². The van der Waals surface area contributed by atoms with Crippen LogP contribution in [-0.4, -0.2) is 12.5 Å². The van der Waals surface area contributed by atoms with E-state index in [2.05, 4.69) is 15.6 Å². The first-order valence-electron chi connectivity index (χ1n) is 2.22. The number of nitrogens with zero attached hydrogens (tertiary/aromatic N) is 1. The first-order valence-corrected chi connectivity index (χ1v) is 2.22. The van der Waals surface area contributed by atoms with Crippen molar-refractivity contribution in [1.29, 1.82) is 0 Å². The molecule has 2 N–H and O–H groups in total. The van der Waals surface area contributed by atoms with Crippen LogP contribution in [0.3, 0.4) is 0 Å². The highest BCUT2D eigenvalue weighted by Crippen LogP contribution is 2.03. The van der Waals surface area contributed by atoms with Gasteiger partial charge in [-0.3, -0.25) is 0 Å². The zero-order chi connectivity index (χ0) is 4.69. The summed E-state index contributed by atoms with van der Waals surface area (Å²) in [5.41, 5.74) is 0. The predicted molar refractivity (Wildman–Crippen MR) is 26.6 cm³/mol. The van der Waals surface area contributed by atoms with Crippen molar-refractivity contribution in [2.45, 2.75) is 6.29 Å². The predicted octanol–water partition coefficient (Wildman–Crippen LogP) is -0.611. The third-order valence-electron chi connectivity index (χ3n) is 1.06. The van der Waals surface area contributed by atoms with Crippen LogP contribution in [-0.2, 0) is 0 Å². The fourth-order valence-corrected chi connectivity index (χ4v) is 0.669. The molecule has 0 aromatic heterocycles. The molecule has 3 aliphatic heterocycles. The van der Waals surface area contributed by atoms with Gasteiger partial charge in [0.05, 0.1) is 0 Å². The average Bonchev–Trinajstić information content (AvgIpc) is 1.67. The van der Waals surface area contributed by atoms with Crippen molar-refractivity contribution in [3.63, 3.8) is 0 Å². The van der Waals surface area contributed by atoms with Gasteiger partial charge in [-0.2, -0.15) is 0 Å². The number of hydrogen-bond donors (Lipinski definition) is 2. The van der Waals surface area contributed by atoms with Crippen molar-refractivity contribution in [2.24, 2.45) is 4.99 Å². The van der Waals surface area contributed by atoms with Crippen LogP contribution < -0.4 is 10.6 Å². The Morgan fingerprint density at radius 2 is 2.43 bits per heavy atom. The van der Waals surface area contributed by atoms with E-state index < -0.39 is 0 Å². The zero-order valence-electron chi connectivity index (χ0n) is 3.68. The molecular weight excluding hydrogens is 90.1 g/mol. The van der Waals surface area contributed by atoms with Gasteiger partial charge in [-0.05, 0) is 6.08 Å². The number of aliphatic imine (C=N–C) groups is 1. The Balaban J connectivity index is 2.36. The average molecular weight is 95.1 g/mol.